The van der Waals surface area contributed by atoms with Gasteiger partial charge in [-0.3, -0.25) is 14.5 Å². The zero-order valence-corrected chi connectivity index (χ0v) is 12.5. The van der Waals surface area contributed by atoms with Crippen LogP contribution in [0.25, 0.3) is 0 Å². The Labute approximate surface area is 125 Å². The number of hydrogen-bond acceptors (Lipinski definition) is 2. The van der Waals surface area contributed by atoms with E-state index >= 15 is 0 Å². The molecule has 112 valence electrons. The maximum absolute atomic E-state index is 12.6. The quantitative estimate of drug-likeness (QED) is 0.927. The topological polar surface area (TPSA) is 49.4 Å². The molecule has 4 nitrogen and oxygen atoms in total. The summed E-state index contributed by atoms with van der Waals surface area (Å²) in [7, 11) is 0. The summed E-state index contributed by atoms with van der Waals surface area (Å²) in [4.78, 5) is 26.6. The first-order chi connectivity index (χ1) is 10.2. The molecule has 0 bridgehead atoms. The molecule has 0 aromatic heterocycles. The van der Waals surface area contributed by atoms with E-state index in [-0.39, 0.29) is 17.9 Å². The van der Waals surface area contributed by atoms with Gasteiger partial charge in [-0.1, -0.05) is 38.0 Å². The van der Waals surface area contributed by atoms with E-state index in [0.29, 0.717) is 18.9 Å². The molecule has 1 fully saturated rings. The number of amides is 2. The minimum Gasteiger partial charge on any atom is -0.352 e. The lowest BCUT2D eigenvalue weighted by molar-refractivity contribution is -0.126. The predicted molar refractivity (Wildman–Crippen MR) is 82.1 cm³/mol. The molecular formula is C17H22N2O2. The van der Waals surface area contributed by atoms with Crippen molar-refractivity contribution in [2.75, 3.05) is 4.90 Å². The molecule has 0 radical (unpaired) electrons. The van der Waals surface area contributed by atoms with Crippen molar-refractivity contribution in [3.8, 4) is 0 Å². The summed E-state index contributed by atoms with van der Waals surface area (Å²) < 4.78 is 0. The number of nitrogens with one attached hydrogen (secondary N) is 1. The van der Waals surface area contributed by atoms with Crippen molar-refractivity contribution in [1.29, 1.82) is 0 Å². The van der Waals surface area contributed by atoms with Crippen molar-refractivity contribution in [1.82, 2.24) is 5.32 Å². The summed E-state index contributed by atoms with van der Waals surface area (Å²) in [6.07, 6.45) is 5.54. The van der Waals surface area contributed by atoms with Crippen LogP contribution in [0.3, 0.4) is 0 Å². The van der Waals surface area contributed by atoms with Gasteiger partial charge in [0.25, 0.3) is 0 Å². The van der Waals surface area contributed by atoms with Crippen LogP contribution in [-0.4, -0.2) is 23.9 Å². The number of para-hydroxylation sites is 1. The SMILES string of the molecule is CCC(=O)N1c2ccccc2C[C@H]1C(=O)NC1CCCC1. The first-order valence-corrected chi connectivity index (χ1v) is 7.91. The summed E-state index contributed by atoms with van der Waals surface area (Å²) in [5.74, 6) is 0.0198. The van der Waals surface area contributed by atoms with Crippen LogP contribution in [0, 0.1) is 0 Å². The van der Waals surface area contributed by atoms with Crippen molar-refractivity contribution in [3.63, 3.8) is 0 Å². The number of carbonyl (C=O) groups excluding carboxylic acids is 2. The van der Waals surface area contributed by atoms with Gasteiger partial charge in [-0.05, 0) is 24.5 Å². The third-order valence-electron chi connectivity index (χ3n) is 4.55. The van der Waals surface area contributed by atoms with Gasteiger partial charge in [0.2, 0.25) is 11.8 Å². The van der Waals surface area contributed by atoms with E-state index in [1.54, 1.807) is 4.90 Å². The minimum atomic E-state index is -0.379. The number of rotatable bonds is 3. The normalized spacial score (nSPS) is 21.4. The smallest absolute Gasteiger partial charge is 0.243 e. The minimum absolute atomic E-state index is 0.0000926. The fourth-order valence-electron chi connectivity index (χ4n) is 3.44. The average molecular weight is 286 g/mol. The van der Waals surface area contributed by atoms with Crippen molar-refractivity contribution in [2.24, 2.45) is 0 Å². The highest BCUT2D eigenvalue weighted by molar-refractivity contribution is 6.03. The second kappa shape index (κ2) is 5.88. The molecule has 3 rings (SSSR count). The van der Waals surface area contributed by atoms with Crippen molar-refractivity contribution < 1.29 is 9.59 Å². The van der Waals surface area contributed by atoms with Gasteiger partial charge in [-0.25, -0.2) is 0 Å². The average Bonchev–Trinajstić information content (AvgIpc) is 3.13. The lowest BCUT2D eigenvalue weighted by atomic mass is 10.1. The standard InChI is InChI=1S/C17H22N2O2/c1-2-16(20)19-14-10-6-3-7-12(14)11-15(19)17(21)18-13-8-4-5-9-13/h3,6-7,10,13,15H,2,4-5,8-9,11H2,1H3,(H,18,21)/t15-/m0/s1. The molecule has 1 saturated carbocycles. The molecule has 1 atom stereocenters. The largest absolute Gasteiger partial charge is 0.352 e. The Balaban J connectivity index is 1.81. The Bertz CT molecular complexity index is 549. The summed E-state index contributed by atoms with van der Waals surface area (Å²) in [5.41, 5.74) is 1.99. The van der Waals surface area contributed by atoms with Gasteiger partial charge in [-0.2, -0.15) is 0 Å². The van der Waals surface area contributed by atoms with Gasteiger partial charge < -0.3 is 5.32 Å². The second-order valence-electron chi connectivity index (χ2n) is 5.96. The second-order valence-corrected chi connectivity index (χ2v) is 5.96. The molecule has 21 heavy (non-hydrogen) atoms. The number of anilines is 1. The highest BCUT2D eigenvalue weighted by atomic mass is 16.2. The number of hydrogen-bond donors (Lipinski definition) is 1. The fourth-order valence-corrected chi connectivity index (χ4v) is 3.44. The van der Waals surface area contributed by atoms with Gasteiger partial charge >= 0.3 is 0 Å². The van der Waals surface area contributed by atoms with Crippen molar-refractivity contribution >= 4 is 17.5 Å². The molecule has 1 heterocycles. The van der Waals surface area contributed by atoms with E-state index in [1.165, 1.54) is 12.8 Å². The molecule has 0 saturated heterocycles. The van der Waals surface area contributed by atoms with Crippen LogP contribution in [0.2, 0.25) is 0 Å². The maximum atomic E-state index is 12.6. The van der Waals surface area contributed by atoms with Crippen molar-refractivity contribution in [2.45, 2.75) is 57.5 Å². The first-order valence-electron chi connectivity index (χ1n) is 7.91. The summed E-state index contributed by atoms with van der Waals surface area (Å²) in [5, 5.41) is 3.13. The number of fused-ring (bicyclic) bond motifs is 1. The lowest BCUT2D eigenvalue weighted by Crippen LogP contribution is -2.50. The predicted octanol–water partition coefficient (Wildman–Crippen LogP) is 2.41. The Hall–Kier alpha value is -1.84. The Morgan fingerprint density at radius 1 is 1.24 bits per heavy atom. The first kappa shape index (κ1) is 14.1. The van der Waals surface area contributed by atoms with Crippen LogP contribution in [0.4, 0.5) is 5.69 Å². The van der Waals surface area contributed by atoms with Crippen LogP contribution >= 0.6 is 0 Å². The molecule has 0 spiro atoms. The zero-order chi connectivity index (χ0) is 14.8. The molecule has 1 aliphatic heterocycles. The third-order valence-corrected chi connectivity index (χ3v) is 4.55. The monoisotopic (exact) mass is 286 g/mol. The lowest BCUT2D eigenvalue weighted by Gasteiger charge is -2.25. The van der Waals surface area contributed by atoms with Gasteiger partial charge in [-0.15, -0.1) is 0 Å². The van der Waals surface area contributed by atoms with Crippen LogP contribution in [0.15, 0.2) is 24.3 Å². The highest BCUT2D eigenvalue weighted by Gasteiger charge is 2.38. The molecule has 2 aliphatic rings. The molecular weight excluding hydrogens is 264 g/mol. The van der Waals surface area contributed by atoms with Crippen LogP contribution in [0.1, 0.15) is 44.6 Å². The van der Waals surface area contributed by atoms with E-state index in [0.717, 1.165) is 24.1 Å². The van der Waals surface area contributed by atoms with E-state index in [2.05, 4.69) is 5.32 Å². The number of nitrogens with zero attached hydrogens (tertiary/aromatic N) is 1. The number of benzene rings is 1. The summed E-state index contributed by atoms with van der Waals surface area (Å²) in [6.45, 7) is 1.84. The molecule has 1 aromatic carbocycles. The van der Waals surface area contributed by atoms with Crippen LogP contribution in [-0.2, 0) is 16.0 Å². The van der Waals surface area contributed by atoms with Gasteiger partial charge in [0.1, 0.15) is 6.04 Å². The van der Waals surface area contributed by atoms with Gasteiger partial charge in [0, 0.05) is 24.6 Å². The van der Waals surface area contributed by atoms with E-state index in [9.17, 15) is 9.59 Å². The molecule has 2 amide bonds. The highest BCUT2D eigenvalue weighted by Crippen LogP contribution is 2.33. The Morgan fingerprint density at radius 3 is 2.67 bits per heavy atom. The number of carbonyl (C=O) groups is 2. The van der Waals surface area contributed by atoms with Crippen LogP contribution < -0.4 is 10.2 Å². The molecule has 1 aliphatic carbocycles. The van der Waals surface area contributed by atoms with E-state index < -0.39 is 0 Å². The maximum Gasteiger partial charge on any atom is 0.243 e. The Kier molecular flexibility index (Phi) is 3.95. The van der Waals surface area contributed by atoms with Gasteiger partial charge in [0.15, 0.2) is 0 Å². The summed E-state index contributed by atoms with van der Waals surface area (Å²) in [6, 6.07) is 7.74. The Morgan fingerprint density at radius 2 is 1.95 bits per heavy atom. The fraction of sp³-hybridized carbons (Fsp3) is 0.529. The van der Waals surface area contributed by atoms with E-state index in [1.807, 2.05) is 31.2 Å². The molecule has 4 heteroatoms. The van der Waals surface area contributed by atoms with Crippen LogP contribution in [0.5, 0.6) is 0 Å². The van der Waals surface area contributed by atoms with Gasteiger partial charge in [0.05, 0.1) is 0 Å². The van der Waals surface area contributed by atoms with Crippen molar-refractivity contribution in [3.05, 3.63) is 29.8 Å². The molecule has 1 N–H and O–H groups in total. The molecule has 1 aromatic rings. The zero-order valence-electron chi connectivity index (χ0n) is 12.5. The van der Waals surface area contributed by atoms with E-state index in [4.69, 9.17) is 0 Å². The third kappa shape index (κ3) is 2.67. The summed E-state index contributed by atoms with van der Waals surface area (Å²) >= 11 is 0. The molecule has 0 unspecified atom stereocenters.